The van der Waals surface area contributed by atoms with Gasteiger partial charge in [0.25, 0.3) is 0 Å². The van der Waals surface area contributed by atoms with Crippen LogP contribution >= 0.6 is 0 Å². The number of hydrogen-bond donors (Lipinski definition) is 2. The van der Waals surface area contributed by atoms with Crippen LogP contribution in [0.15, 0.2) is 36.4 Å². The van der Waals surface area contributed by atoms with E-state index >= 15 is 0 Å². The van der Waals surface area contributed by atoms with E-state index in [1.807, 2.05) is 0 Å². The zero-order valence-electron chi connectivity index (χ0n) is 17.6. The van der Waals surface area contributed by atoms with E-state index in [1.54, 1.807) is 19.2 Å². The van der Waals surface area contributed by atoms with E-state index in [2.05, 4.69) is 39.5 Å². The largest absolute Gasteiger partial charge is 0.481 e. The number of anilines is 1. The minimum absolute atomic E-state index is 0.00963. The predicted molar refractivity (Wildman–Crippen MR) is 117 cm³/mol. The molecule has 0 saturated heterocycles. The lowest BCUT2D eigenvalue weighted by molar-refractivity contribution is 0.0836. The summed E-state index contributed by atoms with van der Waals surface area (Å²) in [5, 5.41) is 13.9. The monoisotopic (exact) mass is 409 g/mol. The fourth-order valence-corrected chi connectivity index (χ4v) is 4.15. The summed E-state index contributed by atoms with van der Waals surface area (Å²) in [6.45, 7) is 2.40. The van der Waals surface area contributed by atoms with Crippen LogP contribution in [0.4, 0.5) is 5.82 Å². The van der Waals surface area contributed by atoms with Crippen LogP contribution in [0.5, 0.6) is 5.88 Å². The Kier molecular flexibility index (Phi) is 6.65. The summed E-state index contributed by atoms with van der Waals surface area (Å²) >= 11 is 0. The first-order valence-electron chi connectivity index (χ1n) is 10.9. The molecule has 0 bridgehead atoms. The van der Waals surface area contributed by atoms with Gasteiger partial charge in [0.05, 0.1) is 13.2 Å². The van der Waals surface area contributed by atoms with Gasteiger partial charge in [-0.2, -0.15) is 4.98 Å². The molecular weight excluding hydrogens is 378 g/mol. The van der Waals surface area contributed by atoms with Gasteiger partial charge in [-0.15, -0.1) is 0 Å². The molecule has 30 heavy (non-hydrogen) atoms. The summed E-state index contributed by atoms with van der Waals surface area (Å²) in [7, 11) is 1.56. The second-order valence-corrected chi connectivity index (χ2v) is 8.43. The van der Waals surface area contributed by atoms with Crippen LogP contribution in [0.2, 0.25) is 0 Å². The third-order valence-electron chi connectivity index (χ3n) is 6.17. The van der Waals surface area contributed by atoms with Crippen molar-refractivity contribution >= 4 is 11.6 Å². The maximum absolute atomic E-state index is 12.8. The van der Waals surface area contributed by atoms with Crippen molar-refractivity contribution in [2.45, 2.75) is 57.2 Å². The number of aromatic nitrogens is 1. The van der Waals surface area contributed by atoms with Crippen LogP contribution < -0.4 is 10.1 Å². The number of ketones is 1. The normalized spacial score (nSPS) is 17.7. The van der Waals surface area contributed by atoms with Gasteiger partial charge in [-0.3, -0.25) is 9.69 Å². The zero-order valence-corrected chi connectivity index (χ0v) is 17.6. The van der Waals surface area contributed by atoms with Crippen molar-refractivity contribution in [1.82, 2.24) is 9.88 Å². The number of carbonyl (C=O) groups is 1. The Morgan fingerprint density at radius 1 is 1.30 bits per heavy atom. The van der Waals surface area contributed by atoms with Crippen molar-refractivity contribution in [3.05, 3.63) is 53.1 Å². The van der Waals surface area contributed by atoms with E-state index in [0.717, 1.165) is 32.4 Å². The number of Topliss-reactive ketones (excluding diaryl/α,β-unsaturated/α-hetero) is 1. The summed E-state index contributed by atoms with van der Waals surface area (Å²) < 4.78 is 5.27. The van der Waals surface area contributed by atoms with Gasteiger partial charge in [0.15, 0.2) is 5.78 Å². The van der Waals surface area contributed by atoms with E-state index in [9.17, 15) is 9.90 Å². The third-order valence-corrected chi connectivity index (χ3v) is 6.17. The number of ether oxygens (including phenoxy) is 1. The molecule has 1 aliphatic heterocycles. The summed E-state index contributed by atoms with van der Waals surface area (Å²) in [6.07, 6.45) is 4.75. The molecule has 160 valence electrons. The quantitative estimate of drug-likeness (QED) is 0.618. The highest BCUT2D eigenvalue weighted by atomic mass is 16.5. The fraction of sp³-hybridized carbons (Fsp3) is 0.500. The highest BCUT2D eigenvalue weighted by Gasteiger charge is 2.21. The van der Waals surface area contributed by atoms with Gasteiger partial charge in [-0.25, -0.2) is 0 Å². The number of methoxy groups -OCH3 is 1. The smallest absolute Gasteiger partial charge is 0.215 e. The Balaban J connectivity index is 1.30. The molecular formula is C24H31N3O3. The van der Waals surface area contributed by atoms with E-state index < -0.39 is 6.10 Å². The van der Waals surface area contributed by atoms with Crippen LogP contribution in [0, 0.1) is 0 Å². The minimum Gasteiger partial charge on any atom is -0.481 e. The Morgan fingerprint density at radius 3 is 2.83 bits per heavy atom. The Bertz CT molecular complexity index is 882. The van der Waals surface area contributed by atoms with Gasteiger partial charge in [0.2, 0.25) is 5.88 Å². The number of rotatable bonds is 9. The van der Waals surface area contributed by atoms with Gasteiger partial charge in [-0.1, -0.05) is 24.3 Å². The first-order chi connectivity index (χ1) is 14.6. The minimum atomic E-state index is -0.518. The molecule has 1 atom stereocenters. The highest BCUT2D eigenvalue weighted by Crippen LogP contribution is 2.25. The first kappa shape index (κ1) is 20.8. The second-order valence-electron chi connectivity index (χ2n) is 8.43. The number of nitrogens with zero attached hydrogens (tertiary/aromatic N) is 2. The molecule has 0 spiro atoms. The van der Waals surface area contributed by atoms with Crippen LogP contribution in [-0.2, 0) is 13.0 Å². The Morgan fingerprint density at radius 2 is 2.10 bits per heavy atom. The number of β-amino-alcohol motifs (C(OH)–C–C–N with tert-alkyl or cyclic N) is 1. The summed E-state index contributed by atoms with van der Waals surface area (Å²) in [6, 6.07) is 12.4. The fourth-order valence-electron chi connectivity index (χ4n) is 4.15. The maximum atomic E-state index is 12.8. The molecule has 2 heterocycles. The molecule has 2 aliphatic rings. The summed E-state index contributed by atoms with van der Waals surface area (Å²) in [5.41, 5.74) is 3.32. The number of hydrogen-bond acceptors (Lipinski definition) is 6. The maximum Gasteiger partial charge on any atom is 0.215 e. The molecule has 6 nitrogen and oxygen atoms in total. The molecule has 1 fully saturated rings. The zero-order chi connectivity index (χ0) is 20.9. The van der Waals surface area contributed by atoms with Crippen molar-refractivity contribution in [2.24, 2.45) is 0 Å². The van der Waals surface area contributed by atoms with Gasteiger partial charge < -0.3 is 15.2 Å². The van der Waals surface area contributed by atoms with Crippen molar-refractivity contribution in [3.8, 4) is 5.88 Å². The number of pyridine rings is 1. The molecule has 1 aromatic heterocycles. The first-order valence-corrected chi connectivity index (χ1v) is 10.9. The van der Waals surface area contributed by atoms with Crippen molar-refractivity contribution in [2.75, 3.05) is 25.5 Å². The molecule has 1 aromatic carbocycles. The molecule has 0 unspecified atom stereocenters. The lowest BCUT2D eigenvalue weighted by atomic mass is 9.93. The van der Waals surface area contributed by atoms with Crippen LogP contribution in [-0.4, -0.2) is 53.1 Å². The molecule has 2 N–H and O–H groups in total. The lowest BCUT2D eigenvalue weighted by Crippen LogP contribution is -2.36. The number of carbonyl (C=O) groups excluding carboxylic acids is 1. The number of aliphatic hydroxyl groups is 1. The Labute approximate surface area is 178 Å². The second kappa shape index (κ2) is 9.58. The lowest BCUT2D eigenvalue weighted by Gasteiger charge is -2.30. The van der Waals surface area contributed by atoms with Gasteiger partial charge in [0, 0.05) is 43.7 Å². The van der Waals surface area contributed by atoms with Crippen LogP contribution in [0.3, 0.4) is 0 Å². The van der Waals surface area contributed by atoms with E-state index in [0.29, 0.717) is 42.7 Å². The van der Waals surface area contributed by atoms with Crippen LogP contribution in [0.1, 0.15) is 53.6 Å². The Hall–Kier alpha value is -2.44. The number of aliphatic hydroxyl groups excluding tert-OH is 1. The van der Waals surface area contributed by atoms with Crippen molar-refractivity contribution < 1.29 is 14.6 Å². The average Bonchev–Trinajstić information content (AvgIpc) is 2.74. The SMILES string of the molecule is COc1cc(C(=O)CC[C@H](O)CN2CCc3ccccc3C2)cc(NC2CCC2)n1. The van der Waals surface area contributed by atoms with E-state index in [4.69, 9.17) is 4.74 Å². The van der Waals surface area contributed by atoms with E-state index in [-0.39, 0.29) is 5.78 Å². The van der Waals surface area contributed by atoms with Crippen molar-refractivity contribution in [3.63, 3.8) is 0 Å². The van der Waals surface area contributed by atoms with Gasteiger partial charge in [-0.05, 0) is 49.3 Å². The number of nitrogens with one attached hydrogen (secondary N) is 1. The van der Waals surface area contributed by atoms with Crippen LogP contribution in [0.25, 0.3) is 0 Å². The molecule has 6 heteroatoms. The molecule has 1 saturated carbocycles. The summed E-state index contributed by atoms with van der Waals surface area (Å²) in [5.74, 6) is 1.14. The average molecular weight is 410 g/mol. The molecule has 1 aliphatic carbocycles. The molecule has 4 rings (SSSR count). The van der Waals surface area contributed by atoms with Gasteiger partial charge >= 0.3 is 0 Å². The number of benzene rings is 1. The summed E-state index contributed by atoms with van der Waals surface area (Å²) in [4.78, 5) is 19.4. The molecule has 0 amide bonds. The molecule has 2 aromatic rings. The van der Waals surface area contributed by atoms with Gasteiger partial charge in [0.1, 0.15) is 5.82 Å². The third kappa shape index (κ3) is 5.18. The standard InChI is InChI=1S/C24H31N3O3/c1-30-24-14-19(13-23(26-24)25-20-7-4-8-20)22(29)10-9-21(28)16-27-12-11-17-5-2-3-6-18(17)15-27/h2-3,5-6,13-14,20-21,28H,4,7-12,15-16H2,1H3,(H,25,26)/t21-/m0/s1. The highest BCUT2D eigenvalue weighted by molar-refractivity contribution is 5.97. The predicted octanol–water partition coefficient (Wildman–Crippen LogP) is 3.44. The molecule has 0 radical (unpaired) electrons. The van der Waals surface area contributed by atoms with E-state index in [1.165, 1.54) is 17.5 Å². The van der Waals surface area contributed by atoms with Crippen molar-refractivity contribution in [1.29, 1.82) is 0 Å². The topological polar surface area (TPSA) is 74.7 Å². The number of fused-ring (bicyclic) bond motifs is 1.